The van der Waals surface area contributed by atoms with Gasteiger partial charge in [0.05, 0.1) is 18.5 Å². The SMILES string of the molecule is Cc1occc1C(Cc1cnn(C)c1)NN. The zero-order valence-corrected chi connectivity index (χ0v) is 9.47. The van der Waals surface area contributed by atoms with Gasteiger partial charge in [0.15, 0.2) is 0 Å². The molecule has 2 rings (SSSR count). The predicted octanol–water partition coefficient (Wildman–Crippen LogP) is 1.07. The molecular weight excluding hydrogens is 204 g/mol. The van der Waals surface area contributed by atoms with E-state index in [0.717, 1.165) is 23.3 Å². The van der Waals surface area contributed by atoms with Crippen LogP contribution in [0, 0.1) is 6.92 Å². The Morgan fingerprint density at radius 2 is 2.44 bits per heavy atom. The van der Waals surface area contributed by atoms with E-state index < -0.39 is 0 Å². The first-order valence-electron chi connectivity index (χ1n) is 5.18. The van der Waals surface area contributed by atoms with Gasteiger partial charge in [-0.25, -0.2) is 0 Å². The summed E-state index contributed by atoms with van der Waals surface area (Å²) in [5.74, 6) is 6.46. The summed E-state index contributed by atoms with van der Waals surface area (Å²) in [6.07, 6.45) is 6.31. The third-order valence-electron chi connectivity index (χ3n) is 2.67. The van der Waals surface area contributed by atoms with E-state index in [1.165, 1.54) is 0 Å². The minimum absolute atomic E-state index is 0.0583. The number of furan rings is 1. The van der Waals surface area contributed by atoms with E-state index in [-0.39, 0.29) is 6.04 Å². The van der Waals surface area contributed by atoms with Crippen molar-refractivity contribution in [3.8, 4) is 0 Å². The summed E-state index contributed by atoms with van der Waals surface area (Å²) in [6, 6.07) is 2.00. The molecule has 0 spiro atoms. The summed E-state index contributed by atoms with van der Waals surface area (Å²) in [5, 5.41) is 4.13. The first-order chi connectivity index (χ1) is 7.70. The number of nitrogens with two attached hydrogens (primary N) is 1. The molecule has 0 saturated heterocycles. The van der Waals surface area contributed by atoms with Gasteiger partial charge in [-0.15, -0.1) is 0 Å². The second kappa shape index (κ2) is 4.51. The number of aromatic nitrogens is 2. The highest BCUT2D eigenvalue weighted by Crippen LogP contribution is 2.21. The average Bonchev–Trinajstić information content (AvgIpc) is 2.84. The lowest BCUT2D eigenvalue weighted by Gasteiger charge is -2.13. The Labute approximate surface area is 94.2 Å². The number of hydrogen-bond acceptors (Lipinski definition) is 4. The Balaban J connectivity index is 2.15. The van der Waals surface area contributed by atoms with Crippen molar-refractivity contribution < 1.29 is 4.42 Å². The Bertz CT molecular complexity index is 460. The average molecular weight is 220 g/mol. The van der Waals surface area contributed by atoms with Crippen molar-refractivity contribution in [1.82, 2.24) is 15.2 Å². The van der Waals surface area contributed by atoms with Crippen molar-refractivity contribution in [3.63, 3.8) is 0 Å². The number of rotatable bonds is 4. The van der Waals surface area contributed by atoms with E-state index in [4.69, 9.17) is 10.3 Å². The molecule has 0 fully saturated rings. The monoisotopic (exact) mass is 220 g/mol. The zero-order valence-electron chi connectivity index (χ0n) is 9.47. The van der Waals surface area contributed by atoms with Crippen molar-refractivity contribution in [2.75, 3.05) is 0 Å². The summed E-state index contributed by atoms with van der Waals surface area (Å²) in [5.41, 5.74) is 5.04. The lowest BCUT2D eigenvalue weighted by molar-refractivity contribution is 0.502. The molecule has 3 N–H and O–H groups in total. The Morgan fingerprint density at radius 3 is 2.94 bits per heavy atom. The summed E-state index contributed by atoms with van der Waals surface area (Å²) in [4.78, 5) is 0. The van der Waals surface area contributed by atoms with Crippen LogP contribution < -0.4 is 11.3 Å². The number of aryl methyl sites for hydroxylation is 2. The first kappa shape index (κ1) is 10.9. The van der Waals surface area contributed by atoms with Crippen molar-refractivity contribution in [1.29, 1.82) is 0 Å². The van der Waals surface area contributed by atoms with Crippen molar-refractivity contribution >= 4 is 0 Å². The summed E-state index contributed by atoms with van der Waals surface area (Å²) < 4.78 is 7.06. The summed E-state index contributed by atoms with van der Waals surface area (Å²) in [6.45, 7) is 1.93. The maximum Gasteiger partial charge on any atom is 0.105 e. The zero-order chi connectivity index (χ0) is 11.5. The molecule has 86 valence electrons. The van der Waals surface area contributed by atoms with Gasteiger partial charge in [0.1, 0.15) is 5.76 Å². The molecule has 5 heteroatoms. The van der Waals surface area contributed by atoms with Gasteiger partial charge in [-0.05, 0) is 25.0 Å². The Kier molecular flexibility index (Phi) is 3.07. The maximum absolute atomic E-state index is 5.57. The molecule has 0 saturated carbocycles. The molecule has 1 atom stereocenters. The number of hydrogen-bond donors (Lipinski definition) is 2. The third-order valence-corrected chi connectivity index (χ3v) is 2.67. The van der Waals surface area contributed by atoms with Gasteiger partial charge in [-0.3, -0.25) is 16.0 Å². The molecule has 0 bridgehead atoms. The molecule has 1 unspecified atom stereocenters. The lowest BCUT2D eigenvalue weighted by atomic mass is 10.0. The van der Waals surface area contributed by atoms with E-state index in [9.17, 15) is 0 Å². The van der Waals surface area contributed by atoms with E-state index >= 15 is 0 Å². The van der Waals surface area contributed by atoms with Gasteiger partial charge in [0, 0.05) is 18.8 Å². The molecule has 2 aromatic rings. The molecule has 0 aliphatic heterocycles. The Morgan fingerprint density at radius 1 is 1.62 bits per heavy atom. The van der Waals surface area contributed by atoms with Crippen LogP contribution in [0.25, 0.3) is 0 Å². The first-order valence-corrected chi connectivity index (χ1v) is 5.18. The van der Waals surface area contributed by atoms with E-state index in [1.807, 2.05) is 32.4 Å². The highest BCUT2D eigenvalue weighted by atomic mass is 16.3. The van der Waals surface area contributed by atoms with E-state index in [1.54, 1.807) is 10.9 Å². The van der Waals surface area contributed by atoms with E-state index in [2.05, 4.69) is 10.5 Å². The molecule has 0 aliphatic carbocycles. The number of nitrogens with zero attached hydrogens (tertiary/aromatic N) is 2. The maximum atomic E-state index is 5.57. The fourth-order valence-electron chi connectivity index (χ4n) is 1.83. The second-order valence-electron chi connectivity index (χ2n) is 3.88. The predicted molar refractivity (Wildman–Crippen MR) is 60.4 cm³/mol. The van der Waals surface area contributed by atoms with Gasteiger partial charge >= 0.3 is 0 Å². The van der Waals surface area contributed by atoms with Crippen molar-refractivity contribution in [2.45, 2.75) is 19.4 Å². The lowest BCUT2D eigenvalue weighted by Crippen LogP contribution is -2.29. The molecular formula is C11H16N4O. The van der Waals surface area contributed by atoms with Crippen LogP contribution in [-0.4, -0.2) is 9.78 Å². The Hall–Kier alpha value is -1.59. The number of nitrogens with one attached hydrogen (secondary N) is 1. The van der Waals surface area contributed by atoms with Crippen LogP contribution in [0.5, 0.6) is 0 Å². The van der Waals surface area contributed by atoms with Gasteiger partial charge in [0.2, 0.25) is 0 Å². The number of hydrazine groups is 1. The molecule has 5 nitrogen and oxygen atoms in total. The smallest absolute Gasteiger partial charge is 0.105 e. The van der Waals surface area contributed by atoms with E-state index in [0.29, 0.717) is 0 Å². The van der Waals surface area contributed by atoms with Crippen LogP contribution in [0.3, 0.4) is 0 Å². The largest absolute Gasteiger partial charge is 0.469 e. The molecule has 2 aromatic heterocycles. The van der Waals surface area contributed by atoms with Crippen LogP contribution in [-0.2, 0) is 13.5 Å². The van der Waals surface area contributed by atoms with Gasteiger partial charge < -0.3 is 4.42 Å². The topological polar surface area (TPSA) is 69.0 Å². The quantitative estimate of drug-likeness (QED) is 0.597. The highest BCUT2D eigenvalue weighted by molar-refractivity contribution is 5.22. The molecule has 0 amide bonds. The summed E-state index contributed by atoms with van der Waals surface area (Å²) in [7, 11) is 1.90. The second-order valence-corrected chi connectivity index (χ2v) is 3.88. The fraction of sp³-hybridized carbons (Fsp3) is 0.364. The van der Waals surface area contributed by atoms with Gasteiger partial charge in [-0.2, -0.15) is 5.10 Å². The third kappa shape index (κ3) is 2.15. The normalized spacial score (nSPS) is 12.9. The molecule has 0 aromatic carbocycles. The molecule has 0 aliphatic rings. The van der Waals surface area contributed by atoms with Crippen LogP contribution >= 0.6 is 0 Å². The molecule has 16 heavy (non-hydrogen) atoms. The highest BCUT2D eigenvalue weighted by Gasteiger charge is 2.15. The van der Waals surface area contributed by atoms with Crippen molar-refractivity contribution in [3.05, 3.63) is 41.6 Å². The van der Waals surface area contributed by atoms with Crippen LogP contribution in [0.2, 0.25) is 0 Å². The minimum Gasteiger partial charge on any atom is -0.469 e. The van der Waals surface area contributed by atoms with Crippen LogP contribution in [0.1, 0.15) is 22.9 Å². The van der Waals surface area contributed by atoms with Crippen molar-refractivity contribution in [2.24, 2.45) is 12.9 Å². The van der Waals surface area contributed by atoms with Gasteiger partial charge in [-0.1, -0.05) is 0 Å². The standard InChI is InChI=1S/C11H16N4O/c1-8-10(3-4-16-8)11(14-12)5-9-6-13-15(2)7-9/h3-4,6-7,11,14H,5,12H2,1-2H3. The van der Waals surface area contributed by atoms with Crippen LogP contribution in [0.4, 0.5) is 0 Å². The molecule has 2 heterocycles. The molecule has 0 radical (unpaired) electrons. The summed E-state index contributed by atoms with van der Waals surface area (Å²) >= 11 is 0. The fourth-order valence-corrected chi connectivity index (χ4v) is 1.83. The van der Waals surface area contributed by atoms with Gasteiger partial charge in [0.25, 0.3) is 0 Å². The van der Waals surface area contributed by atoms with Crippen LogP contribution in [0.15, 0.2) is 29.1 Å². The minimum atomic E-state index is 0.0583.